The van der Waals surface area contributed by atoms with E-state index in [0.717, 1.165) is 25.1 Å². The molecule has 0 heterocycles. The number of hydrogen-bond donors (Lipinski definition) is 2. The number of nitro benzene ring substituents is 1. The summed E-state index contributed by atoms with van der Waals surface area (Å²) in [5.41, 5.74) is 0.894. The Labute approximate surface area is 125 Å². The van der Waals surface area contributed by atoms with Gasteiger partial charge in [0.05, 0.1) is 4.92 Å². The summed E-state index contributed by atoms with van der Waals surface area (Å²) in [6.45, 7) is 5.64. The summed E-state index contributed by atoms with van der Waals surface area (Å²) in [6, 6.07) is 6.25. The van der Waals surface area contributed by atoms with Gasteiger partial charge in [-0.25, -0.2) is 0 Å². The molecular formula is C15H23N3O3. The van der Waals surface area contributed by atoms with Crippen molar-refractivity contribution in [1.82, 2.24) is 5.32 Å². The fraction of sp³-hybridized carbons (Fsp3) is 0.533. The maximum Gasteiger partial charge on any atom is 0.269 e. The van der Waals surface area contributed by atoms with Gasteiger partial charge in [0.1, 0.15) is 0 Å². The Morgan fingerprint density at radius 2 is 1.90 bits per heavy atom. The van der Waals surface area contributed by atoms with Crippen LogP contribution in [0.25, 0.3) is 0 Å². The fourth-order valence-corrected chi connectivity index (χ4v) is 1.77. The Balaban J connectivity index is 2.16. The van der Waals surface area contributed by atoms with E-state index in [4.69, 9.17) is 0 Å². The van der Waals surface area contributed by atoms with Gasteiger partial charge in [-0.1, -0.05) is 13.8 Å². The number of nitro groups is 1. The summed E-state index contributed by atoms with van der Waals surface area (Å²) < 4.78 is 0. The number of nitrogens with one attached hydrogen (secondary N) is 2. The van der Waals surface area contributed by atoms with Crippen molar-refractivity contribution in [2.75, 3.05) is 18.4 Å². The molecule has 1 amide bonds. The molecule has 6 heteroatoms. The molecule has 0 bridgehead atoms. The van der Waals surface area contributed by atoms with Crippen LogP contribution in [0.4, 0.5) is 11.4 Å². The van der Waals surface area contributed by atoms with Crippen LogP contribution >= 0.6 is 0 Å². The smallest absolute Gasteiger partial charge is 0.269 e. The second kappa shape index (κ2) is 8.94. The second-order valence-corrected chi connectivity index (χ2v) is 5.37. The van der Waals surface area contributed by atoms with Gasteiger partial charge in [-0.3, -0.25) is 14.9 Å². The van der Waals surface area contributed by atoms with Crippen LogP contribution in [0.5, 0.6) is 0 Å². The molecule has 0 spiro atoms. The van der Waals surface area contributed by atoms with Crippen molar-refractivity contribution in [3.63, 3.8) is 0 Å². The third-order valence-corrected chi connectivity index (χ3v) is 3.03. The lowest BCUT2D eigenvalue weighted by Gasteiger charge is -2.08. The third kappa shape index (κ3) is 7.29. The highest BCUT2D eigenvalue weighted by Gasteiger charge is 2.04. The highest BCUT2D eigenvalue weighted by atomic mass is 16.6. The molecule has 116 valence electrons. The Morgan fingerprint density at radius 3 is 2.48 bits per heavy atom. The van der Waals surface area contributed by atoms with E-state index in [2.05, 4.69) is 24.5 Å². The van der Waals surface area contributed by atoms with Crippen LogP contribution in [0.1, 0.15) is 33.1 Å². The van der Waals surface area contributed by atoms with Crippen LogP contribution in [0.2, 0.25) is 0 Å². The molecule has 1 aromatic rings. The van der Waals surface area contributed by atoms with Gasteiger partial charge < -0.3 is 10.6 Å². The minimum Gasteiger partial charge on any atom is -0.385 e. The summed E-state index contributed by atoms with van der Waals surface area (Å²) in [7, 11) is 0. The number of non-ortho nitro benzene ring substituents is 1. The fourth-order valence-electron chi connectivity index (χ4n) is 1.77. The summed E-state index contributed by atoms with van der Waals surface area (Å²) >= 11 is 0. The van der Waals surface area contributed by atoms with E-state index in [-0.39, 0.29) is 11.6 Å². The number of anilines is 1. The van der Waals surface area contributed by atoms with Crippen molar-refractivity contribution in [2.45, 2.75) is 33.1 Å². The molecule has 0 aliphatic carbocycles. The monoisotopic (exact) mass is 293 g/mol. The highest BCUT2D eigenvalue weighted by Crippen LogP contribution is 2.15. The number of amides is 1. The van der Waals surface area contributed by atoms with Gasteiger partial charge in [-0.05, 0) is 30.9 Å². The number of carbonyl (C=O) groups excluding carboxylic acids is 1. The standard InChI is InChI=1S/C15H23N3O3/c1-12(2)9-11-17-15(19)4-3-10-16-13-5-7-14(8-6-13)18(20)21/h5-8,12,16H,3-4,9-11H2,1-2H3,(H,17,19). The molecule has 1 aromatic carbocycles. The lowest BCUT2D eigenvalue weighted by molar-refractivity contribution is -0.384. The molecule has 0 atom stereocenters. The molecule has 0 unspecified atom stereocenters. The van der Waals surface area contributed by atoms with Crippen molar-refractivity contribution < 1.29 is 9.72 Å². The molecule has 21 heavy (non-hydrogen) atoms. The topological polar surface area (TPSA) is 84.3 Å². The average Bonchev–Trinajstić information content (AvgIpc) is 2.43. The zero-order valence-electron chi connectivity index (χ0n) is 12.6. The van der Waals surface area contributed by atoms with E-state index in [1.165, 1.54) is 12.1 Å². The largest absolute Gasteiger partial charge is 0.385 e. The van der Waals surface area contributed by atoms with Gasteiger partial charge in [0, 0.05) is 37.3 Å². The van der Waals surface area contributed by atoms with Crippen LogP contribution in [0.15, 0.2) is 24.3 Å². The van der Waals surface area contributed by atoms with Gasteiger partial charge in [0.15, 0.2) is 0 Å². The normalized spacial score (nSPS) is 10.4. The van der Waals surface area contributed by atoms with Gasteiger partial charge in [0.25, 0.3) is 5.69 Å². The number of hydrogen-bond acceptors (Lipinski definition) is 4. The molecule has 0 aliphatic heterocycles. The first-order valence-corrected chi connectivity index (χ1v) is 7.24. The van der Waals surface area contributed by atoms with Crippen molar-refractivity contribution in [2.24, 2.45) is 5.92 Å². The summed E-state index contributed by atoms with van der Waals surface area (Å²) in [4.78, 5) is 21.6. The van der Waals surface area contributed by atoms with E-state index >= 15 is 0 Å². The minimum atomic E-state index is -0.425. The molecule has 0 saturated carbocycles. The third-order valence-electron chi connectivity index (χ3n) is 3.03. The first-order chi connectivity index (χ1) is 9.99. The van der Waals surface area contributed by atoms with Crippen LogP contribution in [-0.4, -0.2) is 23.9 Å². The zero-order chi connectivity index (χ0) is 15.7. The number of nitrogens with zero attached hydrogens (tertiary/aromatic N) is 1. The SMILES string of the molecule is CC(C)CCNC(=O)CCCNc1ccc([N+](=O)[O-])cc1. The minimum absolute atomic E-state index is 0.0705. The van der Waals surface area contributed by atoms with Crippen molar-refractivity contribution >= 4 is 17.3 Å². The first kappa shape index (κ1) is 16.9. The Morgan fingerprint density at radius 1 is 1.24 bits per heavy atom. The average molecular weight is 293 g/mol. The Hall–Kier alpha value is -2.11. The maximum absolute atomic E-state index is 11.5. The molecule has 1 rings (SSSR count). The molecule has 0 saturated heterocycles. The van der Waals surface area contributed by atoms with E-state index in [9.17, 15) is 14.9 Å². The molecular weight excluding hydrogens is 270 g/mol. The van der Waals surface area contributed by atoms with Crippen LogP contribution < -0.4 is 10.6 Å². The Kier molecular flexibility index (Phi) is 7.21. The van der Waals surface area contributed by atoms with E-state index < -0.39 is 4.92 Å². The number of rotatable bonds is 9. The van der Waals surface area contributed by atoms with Gasteiger partial charge in [-0.2, -0.15) is 0 Å². The maximum atomic E-state index is 11.5. The summed E-state index contributed by atoms with van der Waals surface area (Å²) in [5.74, 6) is 0.662. The molecule has 0 radical (unpaired) electrons. The quantitative estimate of drug-likeness (QED) is 0.416. The van der Waals surface area contributed by atoms with E-state index in [1.54, 1.807) is 12.1 Å². The summed E-state index contributed by atoms with van der Waals surface area (Å²) in [5, 5.41) is 16.5. The Bertz CT molecular complexity index is 458. The molecule has 2 N–H and O–H groups in total. The first-order valence-electron chi connectivity index (χ1n) is 7.24. The van der Waals surface area contributed by atoms with E-state index in [0.29, 0.717) is 18.9 Å². The summed E-state index contributed by atoms with van der Waals surface area (Å²) in [6.07, 6.45) is 2.20. The van der Waals surface area contributed by atoms with Crippen molar-refractivity contribution in [1.29, 1.82) is 0 Å². The lowest BCUT2D eigenvalue weighted by atomic mass is 10.1. The zero-order valence-corrected chi connectivity index (χ0v) is 12.6. The van der Waals surface area contributed by atoms with Crippen LogP contribution in [0.3, 0.4) is 0 Å². The van der Waals surface area contributed by atoms with Gasteiger partial charge in [-0.15, -0.1) is 0 Å². The van der Waals surface area contributed by atoms with Gasteiger partial charge in [0.2, 0.25) is 5.91 Å². The highest BCUT2D eigenvalue weighted by molar-refractivity contribution is 5.75. The molecule has 0 fully saturated rings. The van der Waals surface area contributed by atoms with Crippen LogP contribution in [-0.2, 0) is 4.79 Å². The number of carbonyl (C=O) groups is 1. The van der Waals surface area contributed by atoms with E-state index in [1.807, 2.05) is 0 Å². The predicted octanol–water partition coefficient (Wildman–Crippen LogP) is 2.95. The molecule has 0 aromatic heterocycles. The molecule has 6 nitrogen and oxygen atoms in total. The van der Waals surface area contributed by atoms with Crippen LogP contribution in [0, 0.1) is 16.0 Å². The van der Waals surface area contributed by atoms with Crippen molar-refractivity contribution in [3.05, 3.63) is 34.4 Å². The predicted molar refractivity (Wildman–Crippen MR) is 83.3 cm³/mol. The van der Waals surface area contributed by atoms with Crippen molar-refractivity contribution in [3.8, 4) is 0 Å². The number of benzene rings is 1. The second-order valence-electron chi connectivity index (χ2n) is 5.37. The molecule has 0 aliphatic rings. The van der Waals surface area contributed by atoms with Gasteiger partial charge >= 0.3 is 0 Å². The lowest BCUT2D eigenvalue weighted by Crippen LogP contribution is -2.25.